The molecular formula is C24H26N4O3S. The van der Waals surface area contributed by atoms with Gasteiger partial charge in [-0.05, 0) is 42.7 Å². The van der Waals surface area contributed by atoms with Gasteiger partial charge >= 0.3 is 0 Å². The van der Waals surface area contributed by atoms with E-state index in [1.807, 2.05) is 34.9 Å². The van der Waals surface area contributed by atoms with Crippen LogP contribution in [0.15, 0.2) is 48.7 Å². The zero-order chi connectivity index (χ0) is 22.8. The molecule has 32 heavy (non-hydrogen) atoms. The number of aliphatic hydroxyl groups excluding tert-OH is 1. The Bertz CT molecular complexity index is 1270. The van der Waals surface area contributed by atoms with Crippen molar-refractivity contribution in [2.24, 2.45) is 5.92 Å². The number of carbonyl (C=O) groups excluding carboxylic acids is 2. The van der Waals surface area contributed by atoms with Gasteiger partial charge in [-0.15, -0.1) is 0 Å². The second-order valence-electron chi connectivity index (χ2n) is 8.20. The Hall–Kier alpha value is -3.23. The number of aromatic nitrogens is 2. The largest absolute Gasteiger partial charge is 0.394 e. The van der Waals surface area contributed by atoms with Crippen LogP contribution < -0.4 is 10.6 Å². The van der Waals surface area contributed by atoms with Crippen LogP contribution in [0.5, 0.6) is 0 Å². The summed E-state index contributed by atoms with van der Waals surface area (Å²) in [5, 5.41) is 15.1. The Morgan fingerprint density at radius 3 is 2.47 bits per heavy atom. The van der Waals surface area contributed by atoms with Crippen molar-refractivity contribution in [3.8, 4) is 11.3 Å². The SMILES string of the molecule is CNC(=O)c1ccc(-c2cn3c(n2)sc2cc(C(=O)NC(CO)CC(C)C)ccc23)cc1. The highest BCUT2D eigenvalue weighted by Gasteiger charge is 2.17. The number of imidazole rings is 1. The van der Waals surface area contributed by atoms with Gasteiger partial charge in [-0.3, -0.25) is 14.0 Å². The summed E-state index contributed by atoms with van der Waals surface area (Å²) in [5.41, 5.74) is 3.89. The third kappa shape index (κ3) is 4.37. The van der Waals surface area contributed by atoms with Crippen LogP contribution in [0.1, 0.15) is 41.0 Å². The molecule has 4 aromatic rings. The molecule has 0 fully saturated rings. The van der Waals surface area contributed by atoms with Crippen LogP contribution in [-0.4, -0.2) is 46.0 Å². The van der Waals surface area contributed by atoms with E-state index in [-0.39, 0.29) is 24.5 Å². The fourth-order valence-corrected chi connectivity index (χ4v) is 4.78. The second-order valence-corrected chi connectivity index (χ2v) is 9.21. The van der Waals surface area contributed by atoms with E-state index in [1.54, 1.807) is 25.2 Å². The fraction of sp³-hybridized carbons (Fsp3) is 0.292. The van der Waals surface area contributed by atoms with Crippen molar-refractivity contribution in [2.75, 3.05) is 13.7 Å². The van der Waals surface area contributed by atoms with Crippen molar-refractivity contribution in [1.29, 1.82) is 0 Å². The van der Waals surface area contributed by atoms with Crippen LogP contribution >= 0.6 is 11.3 Å². The first kappa shape index (κ1) is 22.0. The quantitative estimate of drug-likeness (QED) is 0.400. The summed E-state index contributed by atoms with van der Waals surface area (Å²) < 4.78 is 2.98. The highest BCUT2D eigenvalue weighted by Crippen LogP contribution is 2.30. The van der Waals surface area contributed by atoms with E-state index >= 15 is 0 Å². The number of aliphatic hydroxyl groups is 1. The van der Waals surface area contributed by atoms with Gasteiger partial charge in [0.15, 0.2) is 4.96 Å². The van der Waals surface area contributed by atoms with Crippen LogP contribution in [0.2, 0.25) is 0 Å². The molecule has 2 amide bonds. The molecule has 166 valence electrons. The summed E-state index contributed by atoms with van der Waals surface area (Å²) in [6.07, 6.45) is 2.69. The van der Waals surface area contributed by atoms with Gasteiger partial charge in [-0.2, -0.15) is 0 Å². The normalized spacial score (nSPS) is 12.4. The maximum atomic E-state index is 12.7. The Balaban J connectivity index is 1.58. The summed E-state index contributed by atoms with van der Waals surface area (Å²) >= 11 is 1.51. The lowest BCUT2D eigenvalue weighted by Crippen LogP contribution is -2.38. The van der Waals surface area contributed by atoms with Crippen molar-refractivity contribution in [2.45, 2.75) is 26.3 Å². The van der Waals surface area contributed by atoms with E-state index in [9.17, 15) is 14.7 Å². The first-order chi connectivity index (χ1) is 15.4. The summed E-state index contributed by atoms with van der Waals surface area (Å²) in [6.45, 7) is 4.05. The number of amides is 2. The molecule has 1 atom stereocenters. The number of nitrogens with zero attached hydrogens (tertiary/aromatic N) is 2. The van der Waals surface area contributed by atoms with Crippen molar-refractivity contribution >= 4 is 38.3 Å². The van der Waals surface area contributed by atoms with Crippen molar-refractivity contribution < 1.29 is 14.7 Å². The van der Waals surface area contributed by atoms with Gasteiger partial charge in [0.2, 0.25) is 0 Å². The summed E-state index contributed by atoms with van der Waals surface area (Å²) in [5.74, 6) is 0.0754. The van der Waals surface area contributed by atoms with Gasteiger partial charge in [-0.25, -0.2) is 4.98 Å². The van der Waals surface area contributed by atoms with Crippen molar-refractivity contribution in [3.63, 3.8) is 0 Å². The highest BCUT2D eigenvalue weighted by molar-refractivity contribution is 7.23. The van der Waals surface area contributed by atoms with Gasteiger partial charge in [0, 0.05) is 29.9 Å². The van der Waals surface area contributed by atoms with Gasteiger partial charge in [0.1, 0.15) is 0 Å². The summed E-state index contributed by atoms with van der Waals surface area (Å²) in [6, 6.07) is 12.7. The number of fused-ring (bicyclic) bond motifs is 3. The van der Waals surface area contributed by atoms with E-state index in [2.05, 4.69) is 24.5 Å². The number of thiazole rings is 1. The molecule has 2 aromatic heterocycles. The molecule has 1 unspecified atom stereocenters. The molecule has 2 heterocycles. The van der Waals surface area contributed by atoms with E-state index in [0.717, 1.165) is 32.9 Å². The Labute approximate surface area is 190 Å². The topological polar surface area (TPSA) is 95.7 Å². The van der Waals surface area contributed by atoms with Gasteiger partial charge in [0.05, 0.1) is 28.6 Å². The number of benzene rings is 2. The first-order valence-electron chi connectivity index (χ1n) is 10.6. The monoisotopic (exact) mass is 450 g/mol. The number of rotatable bonds is 7. The lowest BCUT2D eigenvalue weighted by atomic mass is 10.0. The summed E-state index contributed by atoms with van der Waals surface area (Å²) in [4.78, 5) is 30.0. The van der Waals surface area contributed by atoms with E-state index in [1.165, 1.54) is 11.3 Å². The third-order valence-electron chi connectivity index (χ3n) is 5.34. The smallest absolute Gasteiger partial charge is 0.251 e. The van der Waals surface area contributed by atoms with Crippen LogP contribution in [0.25, 0.3) is 26.4 Å². The third-order valence-corrected chi connectivity index (χ3v) is 6.36. The van der Waals surface area contributed by atoms with Crippen LogP contribution in [0.4, 0.5) is 0 Å². The minimum atomic E-state index is -0.254. The Kier molecular flexibility index (Phi) is 6.25. The number of hydrogen-bond acceptors (Lipinski definition) is 5. The average Bonchev–Trinajstić information content (AvgIpc) is 3.35. The second kappa shape index (κ2) is 9.10. The Morgan fingerprint density at radius 2 is 1.81 bits per heavy atom. The predicted molar refractivity (Wildman–Crippen MR) is 127 cm³/mol. The molecule has 0 saturated heterocycles. The van der Waals surface area contributed by atoms with E-state index < -0.39 is 0 Å². The molecule has 7 nitrogen and oxygen atoms in total. The minimum Gasteiger partial charge on any atom is -0.394 e. The zero-order valence-electron chi connectivity index (χ0n) is 18.3. The van der Waals surface area contributed by atoms with Crippen molar-refractivity contribution in [1.82, 2.24) is 20.0 Å². The lowest BCUT2D eigenvalue weighted by molar-refractivity contribution is 0.0907. The standard InChI is InChI=1S/C24H26N4O3S/c1-14(2)10-18(13-29)26-23(31)17-8-9-20-21(11-17)32-24-27-19(12-28(20)24)15-4-6-16(7-5-15)22(30)25-3/h4-9,11-12,14,18,29H,10,13H2,1-3H3,(H,25,30)(H,26,31). The molecule has 0 aliphatic rings. The molecule has 0 aliphatic carbocycles. The molecule has 0 radical (unpaired) electrons. The summed E-state index contributed by atoms with van der Waals surface area (Å²) in [7, 11) is 1.61. The number of carbonyl (C=O) groups is 2. The lowest BCUT2D eigenvalue weighted by Gasteiger charge is -2.18. The highest BCUT2D eigenvalue weighted by atomic mass is 32.1. The molecule has 4 rings (SSSR count). The molecule has 3 N–H and O–H groups in total. The van der Waals surface area contributed by atoms with Gasteiger partial charge < -0.3 is 15.7 Å². The molecule has 2 aromatic carbocycles. The molecule has 0 spiro atoms. The first-order valence-corrected chi connectivity index (χ1v) is 11.4. The van der Waals surface area contributed by atoms with Crippen LogP contribution in [0, 0.1) is 5.92 Å². The van der Waals surface area contributed by atoms with Crippen LogP contribution in [-0.2, 0) is 0 Å². The molecule has 8 heteroatoms. The fourth-order valence-electron chi connectivity index (χ4n) is 3.73. The minimum absolute atomic E-state index is 0.0775. The van der Waals surface area contributed by atoms with Crippen molar-refractivity contribution in [3.05, 3.63) is 59.8 Å². The molecule has 0 aliphatic heterocycles. The predicted octanol–water partition coefficient (Wildman–Crippen LogP) is 3.71. The van der Waals surface area contributed by atoms with E-state index in [4.69, 9.17) is 4.98 Å². The molecule has 0 bridgehead atoms. The number of nitrogens with one attached hydrogen (secondary N) is 2. The van der Waals surface area contributed by atoms with Crippen LogP contribution in [0.3, 0.4) is 0 Å². The number of hydrogen-bond donors (Lipinski definition) is 3. The van der Waals surface area contributed by atoms with Gasteiger partial charge in [0.25, 0.3) is 11.8 Å². The molecule has 0 saturated carbocycles. The van der Waals surface area contributed by atoms with E-state index in [0.29, 0.717) is 17.0 Å². The van der Waals surface area contributed by atoms with Gasteiger partial charge in [-0.1, -0.05) is 37.3 Å². The maximum absolute atomic E-state index is 12.7. The maximum Gasteiger partial charge on any atom is 0.251 e. The molecular weight excluding hydrogens is 424 g/mol. The average molecular weight is 451 g/mol. The zero-order valence-corrected chi connectivity index (χ0v) is 19.1. The Morgan fingerprint density at radius 1 is 1.09 bits per heavy atom.